The minimum absolute atomic E-state index is 0.100. The number of para-hydroxylation sites is 1. The lowest BCUT2D eigenvalue weighted by Gasteiger charge is -2.14. The Morgan fingerprint density at radius 1 is 1.23 bits per heavy atom. The van der Waals surface area contributed by atoms with Gasteiger partial charge in [-0.1, -0.05) is 25.1 Å². The van der Waals surface area contributed by atoms with E-state index in [1.165, 1.54) is 0 Å². The minimum atomic E-state index is -1.32. The molecule has 1 N–H and O–H groups in total. The van der Waals surface area contributed by atoms with Crippen LogP contribution in [0, 0.1) is 11.8 Å². The number of esters is 1. The maximum Gasteiger partial charge on any atom is 0.322 e. The van der Waals surface area contributed by atoms with Crippen LogP contribution in [0.15, 0.2) is 35.3 Å². The predicted octanol–water partition coefficient (Wildman–Crippen LogP) is 2.25. The van der Waals surface area contributed by atoms with Crippen LogP contribution >= 0.6 is 0 Å². The third kappa shape index (κ3) is 4.80. The molecule has 6 heteroatoms. The topological polar surface area (TPSA) is 93.0 Å². The van der Waals surface area contributed by atoms with E-state index in [-0.39, 0.29) is 13.0 Å². The molecule has 0 aliphatic carbocycles. The van der Waals surface area contributed by atoms with Crippen LogP contribution in [0.1, 0.15) is 20.3 Å². The van der Waals surface area contributed by atoms with E-state index in [1.807, 2.05) is 6.07 Å². The first kappa shape index (κ1) is 17.6. The molecule has 6 nitrogen and oxygen atoms in total. The molecule has 0 amide bonds. The first-order chi connectivity index (χ1) is 10.5. The molecule has 118 valence electrons. The lowest BCUT2D eigenvalue weighted by molar-refractivity contribution is -0.152. The highest BCUT2D eigenvalue weighted by atomic mass is 16.5. The van der Waals surface area contributed by atoms with Crippen molar-refractivity contribution in [3.05, 3.63) is 30.3 Å². The summed E-state index contributed by atoms with van der Waals surface area (Å²) in [7, 11) is 0. The van der Waals surface area contributed by atoms with E-state index in [1.54, 1.807) is 38.1 Å². The van der Waals surface area contributed by atoms with Gasteiger partial charge in [0.1, 0.15) is 5.92 Å². The highest BCUT2D eigenvalue weighted by molar-refractivity contribution is 6.17. The molecule has 0 bridgehead atoms. The van der Waals surface area contributed by atoms with Gasteiger partial charge in [-0.05, 0) is 25.5 Å². The number of ketones is 1. The van der Waals surface area contributed by atoms with Crippen LogP contribution in [-0.2, 0) is 19.1 Å². The van der Waals surface area contributed by atoms with Crippen LogP contribution in [0.4, 0.5) is 5.69 Å². The molecule has 0 saturated carbocycles. The smallest absolute Gasteiger partial charge is 0.322 e. The fraction of sp³-hybridized carbons (Fsp3) is 0.375. The van der Waals surface area contributed by atoms with Crippen molar-refractivity contribution >= 4 is 29.6 Å². The van der Waals surface area contributed by atoms with Gasteiger partial charge >= 0.3 is 11.9 Å². The largest absolute Gasteiger partial charge is 0.481 e. The zero-order valence-corrected chi connectivity index (χ0v) is 12.6. The Kier molecular flexibility index (Phi) is 6.95. The van der Waals surface area contributed by atoms with E-state index in [2.05, 4.69) is 4.99 Å². The highest BCUT2D eigenvalue weighted by Crippen LogP contribution is 2.15. The Balaban J connectivity index is 3.02. The summed E-state index contributed by atoms with van der Waals surface area (Å²) < 4.78 is 4.84. The number of rotatable bonds is 8. The standard InChI is InChI=1S/C16H19NO5/c1-3-12(15(19)20)14(18)13(16(21)22-4-2)10-17-11-8-6-5-7-9-11/h5-10,12-13H,3-4H2,1-2H3,(H,19,20). The van der Waals surface area contributed by atoms with Crippen molar-refractivity contribution in [3.8, 4) is 0 Å². The third-order valence-electron chi connectivity index (χ3n) is 3.03. The van der Waals surface area contributed by atoms with Crippen molar-refractivity contribution in [3.63, 3.8) is 0 Å². The van der Waals surface area contributed by atoms with E-state index in [0.29, 0.717) is 5.69 Å². The van der Waals surface area contributed by atoms with E-state index in [9.17, 15) is 14.4 Å². The number of benzene rings is 1. The van der Waals surface area contributed by atoms with Gasteiger partial charge in [0.05, 0.1) is 12.3 Å². The van der Waals surface area contributed by atoms with Crippen molar-refractivity contribution in [1.29, 1.82) is 0 Å². The van der Waals surface area contributed by atoms with Gasteiger partial charge in [-0.25, -0.2) is 0 Å². The summed E-state index contributed by atoms with van der Waals surface area (Å²) >= 11 is 0. The molecule has 0 spiro atoms. The van der Waals surface area contributed by atoms with Crippen LogP contribution < -0.4 is 0 Å². The van der Waals surface area contributed by atoms with Crippen molar-refractivity contribution in [2.75, 3.05) is 6.61 Å². The summed E-state index contributed by atoms with van der Waals surface area (Å²) in [4.78, 5) is 39.4. The van der Waals surface area contributed by atoms with Gasteiger partial charge in [0.25, 0.3) is 0 Å². The van der Waals surface area contributed by atoms with E-state index < -0.39 is 29.6 Å². The highest BCUT2D eigenvalue weighted by Gasteiger charge is 2.35. The summed E-state index contributed by atoms with van der Waals surface area (Å²) in [6.07, 6.45) is 1.25. The van der Waals surface area contributed by atoms with Crippen molar-refractivity contribution < 1.29 is 24.2 Å². The number of carboxylic acids is 1. The molecular formula is C16H19NO5. The maximum atomic E-state index is 12.3. The lowest BCUT2D eigenvalue weighted by Crippen LogP contribution is -2.35. The number of hydrogen-bond donors (Lipinski definition) is 1. The molecule has 0 aromatic heterocycles. The van der Waals surface area contributed by atoms with Gasteiger partial charge in [-0.2, -0.15) is 0 Å². The van der Waals surface area contributed by atoms with Crippen LogP contribution in [0.2, 0.25) is 0 Å². The quantitative estimate of drug-likeness (QED) is 0.451. The normalized spacial score (nSPS) is 13.5. The monoisotopic (exact) mass is 305 g/mol. The zero-order chi connectivity index (χ0) is 16.5. The first-order valence-electron chi connectivity index (χ1n) is 7.03. The van der Waals surface area contributed by atoms with E-state index >= 15 is 0 Å². The summed E-state index contributed by atoms with van der Waals surface area (Å²) in [6, 6.07) is 8.75. The molecule has 1 aromatic rings. The molecule has 1 aromatic carbocycles. The second-order valence-electron chi connectivity index (χ2n) is 4.54. The molecular weight excluding hydrogens is 286 g/mol. The number of carboxylic acid groups (broad SMARTS) is 1. The summed E-state index contributed by atoms with van der Waals surface area (Å²) in [5, 5.41) is 9.07. The Labute approximate surface area is 128 Å². The van der Waals surface area contributed by atoms with Crippen LogP contribution in [0.5, 0.6) is 0 Å². The maximum absolute atomic E-state index is 12.3. The number of hydrogen-bond acceptors (Lipinski definition) is 5. The van der Waals surface area contributed by atoms with Crippen molar-refractivity contribution in [1.82, 2.24) is 0 Å². The summed E-state index contributed by atoms with van der Waals surface area (Å²) in [5.74, 6) is -5.33. The Bertz CT molecular complexity index is 553. The minimum Gasteiger partial charge on any atom is -0.481 e. The Hall–Kier alpha value is -2.50. The first-order valence-corrected chi connectivity index (χ1v) is 7.03. The molecule has 0 heterocycles. The average molecular weight is 305 g/mol. The number of carbonyl (C=O) groups is 3. The molecule has 0 aliphatic heterocycles. The molecule has 22 heavy (non-hydrogen) atoms. The third-order valence-corrected chi connectivity index (χ3v) is 3.03. The van der Waals surface area contributed by atoms with Crippen LogP contribution in [0.3, 0.4) is 0 Å². The van der Waals surface area contributed by atoms with Gasteiger partial charge in [0.2, 0.25) is 0 Å². The molecule has 0 fully saturated rings. The summed E-state index contributed by atoms with van der Waals surface area (Å²) in [6.45, 7) is 3.29. The Morgan fingerprint density at radius 3 is 2.36 bits per heavy atom. The van der Waals surface area contributed by atoms with E-state index in [0.717, 1.165) is 6.21 Å². The molecule has 1 rings (SSSR count). The molecule has 0 aliphatic rings. The average Bonchev–Trinajstić information content (AvgIpc) is 2.49. The molecule has 2 atom stereocenters. The number of aliphatic imine (C=N–C) groups is 1. The lowest BCUT2D eigenvalue weighted by atomic mass is 9.91. The number of nitrogens with zero attached hydrogens (tertiary/aromatic N) is 1. The second-order valence-corrected chi connectivity index (χ2v) is 4.54. The number of Topliss-reactive ketones (excluding diaryl/α,β-unsaturated/α-hetero) is 1. The van der Waals surface area contributed by atoms with Gasteiger partial charge in [0, 0.05) is 6.21 Å². The predicted molar refractivity (Wildman–Crippen MR) is 81.1 cm³/mol. The molecule has 0 radical (unpaired) electrons. The van der Waals surface area contributed by atoms with Gasteiger partial charge in [-0.15, -0.1) is 0 Å². The van der Waals surface area contributed by atoms with Gasteiger partial charge in [0.15, 0.2) is 11.7 Å². The molecule has 2 unspecified atom stereocenters. The van der Waals surface area contributed by atoms with E-state index in [4.69, 9.17) is 9.84 Å². The van der Waals surface area contributed by atoms with Crippen molar-refractivity contribution in [2.45, 2.75) is 20.3 Å². The summed E-state index contributed by atoms with van der Waals surface area (Å²) in [5.41, 5.74) is 0.563. The fourth-order valence-electron chi connectivity index (χ4n) is 1.87. The second kappa shape index (κ2) is 8.71. The van der Waals surface area contributed by atoms with Crippen LogP contribution in [0.25, 0.3) is 0 Å². The zero-order valence-electron chi connectivity index (χ0n) is 12.6. The number of aliphatic carboxylic acids is 1. The SMILES string of the molecule is CCOC(=O)C(C=Nc1ccccc1)C(=O)C(CC)C(=O)O. The van der Waals surface area contributed by atoms with Crippen molar-refractivity contribution in [2.24, 2.45) is 16.8 Å². The van der Waals surface area contributed by atoms with Gasteiger partial charge in [-0.3, -0.25) is 19.4 Å². The number of carbonyl (C=O) groups excluding carboxylic acids is 2. The fourth-order valence-corrected chi connectivity index (χ4v) is 1.87. The number of ether oxygens (including phenoxy) is 1. The van der Waals surface area contributed by atoms with Gasteiger partial charge < -0.3 is 9.84 Å². The Morgan fingerprint density at radius 2 is 1.86 bits per heavy atom. The van der Waals surface area contributed by atoms with Crippen LogP contribution in [-0.4, -0.2) is 35.6 Å². The molecule has 0 saturated heterocycles.